The van der Waals surface area contributed by atoms with E-state index in [0.717, 1.165) is 23.6 Å². The van der Waals surface area contributed by atoms with Crippen LogP contribution in [-0.2, 0) is 6.54 Å². The van der Waals surface area contributed by atoms with E-state index in [1.165, 1.54) is 0 Å². The van der Waals surface area contributed by atoms with Crippen molar-refractivity contribution in [2.45, 2.75) is 19.5 Å². The van der Waals surface area contributed by atoms with Gasteiger partial charge in [0.15, 0.2) is 0 Å². The molecule has 0 saturated carbocycles. The Hall–Kier alpha value is -1.26. The first-order valence-corrected chi connectivity index (χ1v) is 5.35. The normalized spacial score (nSPS) is 12.2. The second-order valence-electron chi connectivity index (χ2n) is 3.70. The van der Waals surface area contributed by atoms with Crippen LogP contribution in [0.1, 0.15) is 12.5 Å². The number of rotatable bonds is 6. The molecule has 0 unspecified atom stereocenters. The highest BCUT2D eigenvalue weighted by atomic mass is 16.5. The third-order valence-electron chi connectivity index (χ3n) is 2.49. The van der Waals surface area contributed by atoms with Gasteiger partial charge in [-0.15, -0.1) is 0 Å². The van der Waals surface area contributed by atoms with E-state index in [-0.39, 0.29) is 0 Å². The van der Waals surface area contributed by atoms with E-state index in [1.807, 2.05) is 18.2 Å². The number of benzene rings is 1. The van der Waals surface area contributed by atoms with Gasteiger partial charge in [0.1, 0.15) is 11.5 Å². The molecule has 0 aliphatic heterocycles. The van der Waals surface area contributed by atoms with Crippen LogP contribution in [0.15, 0.2) is 18.2 Å². The first-order chi connectivity index (χ1) is 7.71. The molecule has 1 rings (SSSR count). The zero-order valence-corrected chi connectivity index (χ0v) is 10.1. The lowest BCUT2D eigenvalue weighted by atomic mass is 10.1. The lowest BCUT2D eigenvalue weighted by molar-refractivity contribution is 0.389. The summed E-state index contributed by atoms with van der Waals surface area (Å²) in [7, 11) is 3.30. The Bertz CT molecular complexity index is 329. The number of methoxy groups -OCH3 is 2. The number of hydrogen-bond acceptors (Lipinski definition) is 4. The van der Waals surface area contributed by atoms with Crippen molar-refractivity contribution in [3.05, 3.63) is 23.8 Å². The molecule has 0 radical (unpaired) electrons. The molecule has 0 aromatic heterocycles. The fourth-order valence-electron chi connectivity index (χ4n) is 1.37. The number of nitrogens with one attached hydrogen (secondary N) is 1. The van der Waals surface area contributed by atoms with Crippen molar-refractivity contribution in [2.24, 2.45) is 5.73 Å². The van der Waals surface area contributed by atoms with Crippen molar-refractivity contribution in [1.82, 2.24) is 5.32 Å². The Labute approximate surface area is 96.7 Å². The molecule has 3 N–H and O–H groups in total. The van der Waals surface area contributed by atoms with Crippen LogP contribution in [0.4, 0.5) is 0 Å². The van der Waals surface area contributed by atoms with Crippen molar-refractivity contribution in [3.63, 3.8) is 0 Å². The van der Waals surface area contributed by atoms with E-state index in [1.54, 1.807) is 14.2 Å². The van der Waals surface area contributed by atoms with Gasteiger partial charge in [-0.1, -0.05) is 6.07 Å². The average Bonchev–Trinajstić information content (AvgIpc) is 2.35. The topological polar surface area (TPSA) is 56.5 Å². The minimum absolute atomic E-state index is 0.298. The Kier molecular flexibility index (Phi) is 5.08. The van der Waals surface area contributed by atoms with Gasteiger partial charge in [-0.3, -0.25) is 0 Å². The Morgan fingerprint density at radius 3 is 2.62 bits per heavy atom. The summed E-state index contributed by atoms with van der Waals surface area (Å²) in [6, 6.07) is 6.09. The van der Waals surface area contributed by atoms with Crippen molar-refractivity contribution < 1.29 is 9.47 Å². The zero-order valence-electron chi connectivity index (χ0n) is 10.1. The molecule has 0 saturated heterocycles. The van der Waals surface area contributed by atoms with Crippen LogP contribution < -0.4 is 20.5 Å². The van der Waals surface area contributed by atoms with Crippen molar-refractivity contribution in [2.75, 3.05) is 20.8 Å². The van der Waals surface area contributed by atoms with E-state index in [2.05, 4.69) is 12.2 Å². The highest BCUT2D eigenvalue weighted by molar-refractivity contribution is 5.40. The fourth-order valence-corrected chi connectivity index (χ4v) is 1.37. The number of ether oxygens (including phenoxy) is 2. The Morgan fingerprint density at radius 2 is 2.06 bits per heavy atom. The maximum absolute atomic E-state index is 5.54. The Morgan fingerprint density at radius 1 is 1.31 bits per heavy atom. The molecule has 1 aromatic rings. The maximum Gasteiger partial charge on any atom is 0.127 e. The molecule has 90 valence electrons. The molecular formula is C12H20N2O2. The third kappa shape index (κ3) is 3.40. The van der Waals surface area contributed by atoms with Gasteiger partial charge in [-0.25, -0.2) is 0 Å². The highest BCUT2D eigenvalue weighted by Gasteiger charge is 2.06. The van der Waals surface area contributed by atoms with E-state index >= 15 is 0 Å². The first kappa shape index (κ1) is 12.8. The van der Waals surface area contributed by atoms with Crippen LogP contribution in [-0.4, -0.2) is 26.8 Å². The molecule has 16 heavy (non-hydrogen) atoms. The molecule has 0 bridgehead atoms. The number of nitrogens with two attached hydrogens (primary N) is 1. The van der Waals surface area contributed by atoms with Crippen molar-refractivity contribution >= 4 is 0 Å². The monoisotopic (exact) mass is 224 g/mol. The largest absolute Gasteiger partial charge is 0.497 e. The van der Waals surface area contributed by atoms with Gasteiger partial charge in [0.2, 0.25) is 0 Å². The van der Waals surface area contributed by atoms with Gasteiger partial charge in [-0.05, 0) is 13.0 Å². The van der Waals surface area contributed by atoms with Crippen LogP contribution in [0.25, 0.3) is 0 Å². The van der Waals surface area contributed by atoms with Gasteiger partial charge in [0, 0.05) is 30.8 Å². The van der Waals surface area contributed by atoms with Gasteiger partial charge >= 0.3 is 0 Å². The summed E-state index contributed by atoms with van der Waals surface area (Å²) in [6.07, 6.45) is 0. The summed E-state index contributed by atoms with van der Waals surface area (Å²) in [5.74, 6) is 1.63. The van der Waals surface area contributed by atoms with Crippen LogP contribution in [0, 0.1) is 0 Å². The van der Waals surface area contributed by atoms with Crippen molar-refractivity contribution in [3.8, 4) is 11.5 Å². The lowest BCUT2D eigenvalue weighted by Crippen LogP contribution is -2.32. The second kappa shape index (κ2) is 6.35. The molecular weight excluding hydrogens is 204 g/mol. The predicted molar refractivity (Wildman–Crippen MR) is 64.9 cm³/mol. The number of hydrogen-bond donors (Lipinski definition) is 2. The SMILES string of the molecule is COc1ccc(CN[C@@H](C)CN)c(OC)c1. The minimum Gasteiger partial charge on any atom is -0.497 e. The second-order valence-corrected chi connectivity index (χ2v) is 3.70. The molecule has 1 aromatic carbocycles. The summed E-state index contributed by atoms with van der Waals surface area (Å²) >= 11 is 0. The quantitative estimate of drug-likeness (QED) is 0.761. The smallest absolute Gasteiger partial charge is 0.127 e. The van der Waals surface area contributed by atoms with E-state index < -0.39 is 0 Å². The van der Waals surface area contributed by atoms with E-state index in [9.17, 15) is 0 Å². The summed E-state index contributed by atoms with van der Waals surface area (Å²) in [4.78, 5) is 0. The van der Waals surface area contributed by atoms with Gasteiger partial charge in [0.05, 0.1) is 14.2 Å². The average molecular weight is 224 g/mol. The maximum atomic E-state index is 5.54. The molecule has 0 fully saturated rings. The molecule has 0 aliphatic rings. The van der Waals surface area contributed by atoms with Gasteiger partial charge in [-0.2, -0.15) is 0 Å². The fraction of sp³-hybridized carbons (Fsp3) is 0.500. The minimum atomic E-state index is 0.298. The third-order valence-corrected chi connectivity index (χ3v) is 2.49. The molecule has 1 atom stereocenters. The standard InChI is InChI=1S/C12H20N2O2/c1-9(7-13)14-8-10-4-5-11(15-2)6-12(10)16-3/h4-6,9,14H,7-8,13H2,1-3H3/t9-/m0/s1. The molecule has 4 heteroatoms. The predicted octanol–water partition coefficient (Wildman–Crippen LogP) is 1.14. The molecule has 0 heterocycles. The molecule has 0 aliphatic carbocycles. The highest BCUT2D eigenvalue weighted by Crippen LogP contribution is 2.24. The zero-order chi connectivity index (χ0) is 12.0. The molecule has 0 spiro atoms. The first-order valence-electron chi connectivity index (χ1n) is 5.35. The molecule has 0 amide bonds. The van der Waals surface area contributed by atoms with Crippen LogP contribution in [0.2, 0.25) is 0 Å². The summed E-state index contributed by atoms with van der Waals surface area (Å²) in [6.45, 7) is 3.42. The summed E-state index contributed by atoms with van der Waals surface area (Å²) in [5, 5.41) is 3.31. The van der Waals surface area contributed by atoms with Crippen LogP contribution in [0.3, 0.4) is 0 Å². The van der Waals surface area contributed by atoms with Gasteiger partial charge in [0.25, 0.3) is 0 Å². The van der Waals surface area contributed by atoms with Crippen LogP contribution in [0.5, 0.6) is 11.5 Å². The summed E-state index contributed by atoms with van der Waals surface area (Å²) in [5.41, 5.74) is 6.64. The lowest BCUT2D eigenvalue weighted by Gasteiger charge is -2.14. The van der Waals surface area contributed by atoms with Crippen molar-refractivity contribution in [1.29, 1.82) is 0 Å². The van der Waals surface area contributed by atoms with Crippen LogP contribution >= 0.6 is 0 Å². The summed E-state index contributed by atoms with van der Waals surface area (Å²) < 4.78 is 10.4. The van der Waals surface area contributed by atoms with E-state index in [4.69, 9.17) is 15.2 Å². The van der Waals surface area contributed by atoms with Gasteiger partial charge < -0.3 is 20.5 Å². The van der Waals surface area contributed by atoms with E-state index in [0.29, 0.717) is 12.6 Å². The molecule has 4 nitrogen and oxygen atoms in total. The Balaban J connectivity index is 2.71.